The van der Waals surface area contributed by atoms with Gasteiger partial charge in [0.2, 0.25) is 5.91 Å². The van der Waals surface area contributed by atoms with Crippen molar-refractivity contribution in [2.45, 2.75) is 12.5 Å². The minimum Gasteiger partial charge on any atom is -0.496 e. The van der Waals surface area contributed by atoms with Crippen LogP contribution in [0.5, 0.6) is 5.75 Å². The molecule has 0 bridgehead atoms. The maximum atomic E-state index is 12.7. The summed E-state index contributed by atoms with van der Waals surface area (Å²) in [6.45, 7) is 2.32. The van der Waals surface area contributed by atoms with Gasteiger partial charge in [0, 0.05) is 30.1 Å². The first-order valence-electron chi connectivity index (χ1n) is 7.45. The fourth-order valence-corrected chi connectivity index (χ4v) is 3.58. The van der Waals surface area contributed by atoms with E-state index in [0.29, 0.717) is 6.42 Å². The zero-order valence-corrected chi connectivity index (χ0v) is 13.4. The summed E-state index contributed by atoms with van der Waals surface area (Å²) in [7, 11) is 1.67. The number of hydrogen-bond donors (Lipinski definition) is 1. The molecule has 0 unspecified atom stereocenters. The van der Waals surface area contributed by atoms with Crippen molar-refractivity contribution in [2.24, 2.45) is 0 Å². The lowest BCUT2D eigenvalue weighted by atomic mass is 10.0. The van der Waals surface area contributed by atoms with Crippen LogP contribution in [0.1, 0.15) is 16.5 Å². The molecule has 1 N–H and O–H groups in total. The van der Waals surface area contributed by atoms with Gasteiger partial charge in [-0.15, -0.1) is 11.3 Å². The largest absolute Gasteiger partial charge is 0.496 e. The van der Waals surface area contributed by atoms with Crippen molar-refractivity contribution >= 4 is 17.2 Å². The molecule has 4 nitrogen and oxygen atoms in total. The molecule has 0 aliphatic carbocycles. The van der Waals surface area contributed by atoms with Gasteiger partial charge in [-0.3, -0.25) is 4.79 Å². The summed E-state index contributed by atoms with van der Waals surface area (Å²) in [6, 6.07) is 12.0. The topological polar surface area (TPSA) is 41.6 Å². The van der Waals surface area contributed by atoms with E-state index < -0.39 is 0 Å². The van der Waals surface area contributed by atoms with Crippen molar-refractivity contribution < 1.29 is 9.53 Å². The number of nitrogens with one attached hydrogen (secondary N) is 1. The van der Waals surface area contributed by atoms with Crippen molar-refractivity contribution in [3.05, 3.63) is 52.2 Å². The highest BCUT2D eigenvalue weighted by Gasteiger charge is 2.29. The number of ether oxygens (including phenoxy) is 1. The maximum absolute atomic E-state index is 12.7. The number of para-hydroxylation sites is 1. The fourth-order valence-electron chi connectivity index (χ4n) is 2.89. The van der Waals surface area contributed by atoms with E-state index in [9.17, 15) is 4.79 Å². The molecule has 3 rings (SSSR count). The second-order valence-corrected chi connectivity index (χ2v) is 6.34. The summed E-state index contributed by atoms with van der Waals surface area (Å²) in [5.41, 5.74) is 1.07. The maximum Gasteiger partial charge on any atom is 0.228 e. The van der Waals surface area contributed by atoms with Crippen LogP contribution in [0.15, 0.2) is 41.8 Å². The van der Waals surface area contributed by atoms with Crippen LogP contribution in [0.25, 0.3) is 0 Å². The summed E-state index contributed by atoms with van der Waals surface area (Å²) in [6.07, 6.45) is 0.476. The van der Waals surface area contributed by atoms with E-state index in [2.05, 4.69) is 5.32 Å². The van der Waals surface area contributed by atoms with Gasteiger partial charge in [-0.1, -0.05) is 24.3 Å². The number of piperazine rings is 1. The van der Waals surface area contributed by atoms with Crippen LogP contribution in [0.2, 0.25) is 0 Å². The Morgan fingerprint density at radius 1 is 1.36 bits per heavy atom. The number of carbonyl (C=O) groups excluding carboxylic acids is 1. The average Bonchev–Trinajstić information content (AvgIpc) is 3.07. The zero-order chi connectivity index (χ0) is 15.4. The molecule has 1 aliphatic rings. The van der Waals surface area contributed by atoms with Crippen LogP contribution in [-0.2, 0) is 11.2 Å². The lowest BCUT2D eigenvalue weighted by molar-refractivity contribution is -0.133. The molecule has 0 saturated carbocycles. The average molecular weight is 316 g/mol. The predicted octanol–water partition coefficient (Wildman–Crippen LogP) is 2.47. The van der Waals surface area contributed by atoms with E-state index in [1.54, 1.807) is 18.4 Å². The molecule has 1 aliphatic heterocycles. The number of methoxy groups -OCH3 is 1. The molecule has 1 aromatic heterocycles. The highest BCUT2D eigenvalue weighted by molar-refractivity contribution is 7.10. The first-order valence-corrected chi connectivity index (χ1v) is 8.33. The van der Waals surface area contributed by atoms with Gasteiger partial charge in [-0.2, -0.15) is 0 Å². The van der Waals surface area contributed by atoms with Crippen LogP contribution >= 0.6 is 11.3 Å². The summed E-state index contributed by atoms with van der Waals surface area (Å²) in [5, 5.41) is 5.39. The molecule has 1 fully saturated rings. The molecule has 0 spiro atoms. The molecule has 1 aromatic carbocycles. The van der Waals surface area contributed by atoms with Gasteiger partial charge in [-0.05, 0) is 17.5 Å². The third-order valence-electron chi connectivity index (χ3n) is 3.97. The Balaban J connectivity index is 1.83. The lowest BCUT2D eigenvalue weighted by Crippen LogP contribution is -2.49. The molecule has 5 heteroatoms. The van der Waals surface area contributed by atoms with E-state index >= 15 is 0 Å². The van der Waals surface area contributed by atoms with E-state index in [1.807, 2.05) is 46.7 Å². The fraction of sp³-hybridized carbons (Fsp3) is 0.353. The number of nitrogens with zero attached hydrogens (tertiary/aromatic N) is 1. The van der Waals surface area contributed by atoms with Crippen molar-refractivity contribution in [1.29, 1.82) is 0 Å². The molecular weight excluding hydrogens is 296 g/mol. The number of hydrogen-bond acceptors (Lipinski definition) is 4. The highest BCUT2D eigenvalue weighted by Crippen LogP contribution is 2.30. The third-order valence-corrected chi connectivity index (χ3v) is 4.84. The lowest BCUT2D eigenvalue weighted by Gasteiger charge is -2.37. The minimum atomic E-state index is 0.0253. The van der Waals surface area contributed by atoms with Crippen LogP contribution in [0.3, 0.4) is 0 Å². The predicted molar refractivity (Wildman–Crippen MR) is 88.3 cm³/mol. The third kappa shape index (κ3) is 3.15. The number of carbonyl (C=O) groups is 1. The summed E-state index contributed by atoms with van der Waals surface area (Å²) < 4.78 is 5.47. The summed E-state index contributed by atoms with van der Waals surface area (Å²) in [5.74, 6) is 1.02. The molecule has 22 heavy (non-hydrogen) atoms. The van der Waals surface area contributed by atoms with Gasteiger partial charge in [0.05, 0.1) is 19.6 Å². The van der Waals surface area contributed by atoms with Gasteiger partial charge in [-0.25, -0.2) is 0 Å². The SMILES string of the molecule is COc1ccccc1[C@H]1CNCCN1C(=O)Cc1cccs1. The number of rotatable bonds is 4. The van der Waals surface area contributed by atoms with Gasteiger partial charge in [0.1, 0.15) is 5.75 Å². The number of thiophene rings is 1. The summed E-state index contributed by atoms with van der Waals surface area (Å²) in [4.78, 5) is 15.8. The second-order valence-electron chi connectivity index (χ2n) is 5.31. The van der Waals surface area contributed by atoms with Crippen LogP contribution in [0.4, 0.5) is 0 Å². The van der Waals surface area contributed by atoms with Gasteiger partial charge in [0.25, 0.3) is 0 Å². The van der Waals surface area contributed by atoms with Crippen LogP contribution in [-0.4, -0.2) is 37.6 Å². The summed E-state index contributed by atoms with van der Waals surface area (Å²) >= 11 is 1.63. The van der Waals surface area contributed by atoms with Crippen molar-refractivity contribution in [2.75, 3.05) is 26.7 Å². The molecule has 1 atom stereocenters. The molecule has 116 valence electrons. The Morgan fingerprint density at radius 3 is 3.00 bits per heavy atom. The van der Waals surface area contributed by atoms with Crippen molar-refractivity contribution in [3.63, 3.8) is 0 Å². The van der Waals surface area contributed by atoms with Crippen LogP contribution < -0.4 is 10.1 Å². The van der Waals surface area contributed by atoms with Gasteiger partial charge >= 0.3 is 0 Å². The van der Waals surface area contributed by atoms with E-state index in [0.717, 1.165) is 35.8 Å². The molecule has 2 aromatic rings. The van der Waals surface area contributed by atoms with E-state index in [4.69, 9.17) is 4.74 Å². The first kappa shape index (κ1) is 15.1. The molecule has 0 radical (unpaired) electrons. The Bertz CT molecular complexity index is 627. The molecule has 2 heterocycles. The van der Waals surface area contributed by atoms with Crippen LogP contribution in [0, 0.1) is 0 Å². The Kier molecular flexibility index (Phi) is 4.75. The normalized spacial score (nSPS) is 18.2. The van der Waals surface area contributed by atoms with E-state index in [-0.39, 0.29) is 11.9 Å². The Hall–Kier alpha value is -1.85. The standard InChI is InChI=1S/C17H20N2O2S/c1-21-16-7-3-2-6-14(16)15-12-18-8-9-19(15)17(20)11-13-5-4-10-22-13/h2-7,10,15,18H,8-9,11-12H2,1H3/t15-/m1/s1. The molecular formula is C17H20N2O2S. The Labute approximate surface area is 134 Å². The van der Waals surface area contributed by atoms with Gasteiger partial charge < -0.3 is 15.0 Å². The monoisotopic (exact) mass is 316 g/mol. The number of benzene rings is 1. The van der Waals surface area contributed by atoms with Crippen molar-refractivity contribution in [3.8, 4) is 5.75 Å². The number of amides is 1. The highest BCUT2D eigenvalue weighted by atomic mass is 32.1. The minimum absolute atomic E-state index is 0.0253. The second kappa shape index (κ2) is 6.94. The van der Waals surface area contributed by atoms with Crippen molar-refractivity contribution in [1.82, 2.24) is 10.2 Å². The van der Waals surface area contributed by atoms with E-state index in [1.165, 1.54) is 0 Å². The molecule has 1 amide bonds. The first-order chi connectivity index (χ1) is 10.8. The Morgan fingerprint density at radius 2 is 2.23 bits per heavy atom. The smallest absolute Gasteiger partial charge is 0.228 e. The zero-order valence-electron chi connectivity index (χ0n) is 12.6. The van der Waals surface area contributed by atoms with Gasteiger partial charge in [0.15, 0.2) is 0 Å². The molecule has 1 saturated heterocycles. The quantitative estimate of drug-likeness (QED) is 0.942.